The highest BCUT2D eigenvalue weighted by atomic mass is 16.5. The van der Waals surface area contributed by atoms with Crippen LogP contribution in [0.1, 0.15) is 70.6 Å². The number of hydrogen-bond donors (Lipinski definition) is 0. The molecule has 184 valence electrons. The largest absolute Gasteiger partial charge is 0.494 e. The number of fused-ring (bicyclic) bond motifs is 2. The molecule has 2 heterocycles. The molecule has 1 atom stereocenters. The van der Waals surface area contributed by atoms with Crippen LogP contribution in [0.3, 0.4) is 0 Å². The summed E-state index contributed by atoms with van der Waals surface area (Å²) in [6.45, 7) is 8.74. The first-order valence-electron chi connectivity index (χ1n) is 12.6. The van der Waals surface area contributed by atoms with Gasteiger partial charge >= 0.3 is 0 Å². The van der Waals surface area contributed by atoms with Crippen LogP contribution >= 0.6 is 0 Å². The number of hydrogen-bond acceptors (Lipinski definition) is 4. The lowest BCUT2D eigenvalue weighted by atomic mass is 9.97. The molecule has 0 saturated heterocycles. The zero-order valence-corrected chi connectivity index (χ0v) is 21.3. The van der Waals surface area contributed by atoms with Crippen molar-refractivity contribution in [1.82, 2.24) is 0 Å². The summed E-state index contributed by atoms with van der Waals surface area (Å²) in [4.78, 5) is 29.4. The first-order chi connectivity index (χ1) is 17.4. The van der Waals surface area contributed by atoms with E-state index in [2.05, 4.69) is 6.92 Å². The Hall–Kier alpha value is -3.86. The average Bonchev–Trinajstić information content (AvgIpc) is 3.16. The van der Waals surface area contributed by atoms with E-state index in [-0.39, 0.29) is 17.1 Å². The van der Waals surface area contributed by atoms with E-state index in [4.69, 9.17) is 9.15 Å². The molecule has 0 bridgehead atoms. The minimum Gasteiger partial charge on any atom is -0.494 e. The van der Waals surface area contributed by atoms with E-state index >= 15 is 0 Å². The second-order valence-electron chi connectivity index (χ2n) is 9.65. The van der Waals surface area contributed by atoms with Crippen molar-refractivity contribution < 1.29 is 13.9 Å². The Morgan fingerprint density at radius 3 is 2.42 bits per heavy atom. The summed E-state index contributed by atoms with van der Waals surface area (Å²) in [7, 11) is 0. The second-order valence-corrected chi connectivity index (χ2v) is 9.65. The van der Waals surface area contributed by atoms with Crippen LogP contribution in [-0.2, 0) is 0 Å². The first kappa shape index (κ1) is 23.9. The molecule has 0 aliphatic carbocycles. The fourth-order valence-corrected chi connectivity index (χ4v) is 4.83. The van der Waals surface area contributed by atoms with Gasteiger partial charge in [0.1, 0.15) is 11.3 Å². The van der Waals surface area contributed by atoms with E-state index in [0.717, 1.165) is 47.3 Å². The highest BCUT2D eigenvalue weighted by Gasteiger charge is 2.43. The van der Waals surface area contributed by atoms with Crippen LogP contribution in [0.4, 0.5) is 5.69 Å². The van der Waals surface area contributed by atoms with Crippen molar-refractivity contribution in [3.05, 3.63) is 104 Å². The van der Waals surface area contributed by atoms with Gasteiger partial charge in [-0.15, -0.1) is 0 Å². The Kier molecular flexibility index (Phi) is 6.40. The maximum Gasteiger partial charge on any atom is 0.295 e. The van der Waals surface area contributed by atoms with E-state index in [1.807, 2.05) is 81.4 Å². The third kappa shape index (κ3) is 4.19. The Morgan fingerprint density at radius 2 is 1.67 bits per heavy atom. The minimum atomic E-state index is -0.614. The first-order valence-corrected chi connectivity index (χ1v) is 12.6. The van der Waals surface area contributed by atoms with Gasteiger partial charge in [0.15, 0.2) is 5.43 Å². The molecule has 0 saturated carbocycles. The van der Waals surface area contributed by atoms with Crippen LogP contribution in [0.25, 0.3) is 11.0 Å². The number of rotatable bonds is 7. The minimum absolute atomic E-state index is 0.107. The number of carbonyl (C=O) groups is 1. The van der Waals surface area contributed by atoms with Crippen LogP contribution in [0, 0.1) is 20.8 Å². The van der Waals surface area contributed by atoms with Crippen LogP contribution in [0.15, 0.2) is 69.9 Å². The Bertz CT molecular complexity index is 1500. The molecule has 36 heavy (non-hydrogen) atoms. The quantitative estimate of drug-likeness (QED) is 0.266. The third-order valence-corrected chi connectivity index (χ3v) is 6.99. The Labute approximate surface area is 211 Å². The van der Waals surface area contributed by atoms with Gasteiger partial charge in [-0.05, 0) is 80.3 Å². The topological polar surface area (TPSA) is 59.8 Å². The second kappa shape index (κ2) is 9.65. The van der Waals surface area contributed by atoms with E-state index < -0.39 is 6.04 Å². The highest BCUT2D eigenvalue weighted by Crippen LogP contribution is 2.42. The van der Waals surface area contributed by atoms with Crippen LogP contribution in [-0.4, -0.2) is 12.5 Å². The predicted molar refractivity (Wildman–Crippen MR) is 143 cm³/mol. The smallest absolute Gasteiger partial charge is 0.295 e. The summed E-state index contributed by atoms with van der Waals surface area (Å²) >= 11 is 0. The van der Waals surface area contributed by atoms with Crippen molar-refractivity contribution in [3.8, 4) is 5.75 Å². The normalized spacial score (nSPS) is 14.9. The van der Waals surface area contributed by atoms with Crippen molar-refractivity contribution in [3.63, 3.8) is 0 Å². The molecule has 5 rings (SSSR count). The molecule has 5 nitrogen and oxygen atoms in total. The van der Waals surface area contributed by atoms with E-state index in [1.54, 1.807) is 4.90 Å². The molecule has 1 amide bonds. The van der Waals surface area contributed by atoms with Crippen LogP contribution in [0.5, 0.6) is 5.75 Å². The van der Waals surface area contributed by atoms with Gasteiger partial charge in [0.25, 0.3) is 5.91 Å². The van der Waals surface area contributed by atoms with Crippen molar-refractivity contribution in [2.45, 2.75) is 53.0 Å². The number of unbranched alkanes of at least 4 members (excludes halogenated alkanes) is 2. The van der Waals surface area contributed by atoms with Gasteiger partial charge < -0.3 is 9.15 Å². The van der Waals surface area contributed by atoms with Crippen molar-refractivity contribution in [2.24, 2.45) is 0 Å². The SMILES string of the molecule is CCCCCOc1cccc(C2c3c(oc4cc(C)c(C)cc4c3=O)C(=O)N2c2ccc(C)cc2)c1. The summed E-state index contributed by atoms with van der Waals surface area (Å²) in [6, 6.07) is 18.6. The van der Waals surface area contributed by atoms with Gasteiger partial charge in [-0.25, -0.2) is 0 Å². The molecule has 0 radical (unpaired) electrons. The fourth-order valence-electron chi connectivity index (χ4n) is 4.83. The van der Waals surface area contributed by atoms with Crippen molar-refractivity contribution in [1.29, 1.82) is 0 Å². The number of carbonyl (C=O) groups excluding carboxylic acids is 1. The highest BCUT2D eigenvalue weighted by molar-refractivity contribution is 6.10. The summed E-state index contributed by atoms with van der Waals surface area (Å²) in [5, 5.41) is 0.493. The number of benzene rings is 3. The van der Waals surface area contributed by atoms with Crippen LogP contribution < -0.4 is 15.1 Å². The summed E-state index contributed by atoms with van der Waals surface area (Å²) in [5.74, 6) is 0.519. The molecule has 1 aliphatic rings. The molecule has 5 heteroatoms. The summed E-state index contributed by atoms with van der Waals surface area (Å²) in [6.07, 6.45) is 3.21. The predicted octanol–water partition coefficient (Wildman–Crippen LogP) is 7.04. The lowest BCUT2D eigenvalue weighted by Crippen LogP contribution is -2.29. The monoisotopic (exact) mass is 481 g/mol. The lowest BCUT2D eigenvalue weighted by molar-refractivity contribution is 0.0971. The molecular formula is C31H31NO4. The Morgan fingerprint density at radius 1 is 0.917 bits per heavy atom. The number of aryl methyl sites for hydroxylation is 3. The van der Waals surface area contributed by atoms with Gasteiger partial charge in [0, 0.05) is 5.69 Å². The van der Waals surface area contributed by atoms with E-state index in [0.29, 0.717) is 28.8 Å². The van der Waals surface area contributed by atoms with Crippen molar-refractivity contribution in [2.75, 3.05) is 11.5 Å². The standard InChI is InChI=1S/C31H31NO4/c1-5-6-7-15-35-24-10-8-9-22(18-24)28-27-29(33)25-16-20(3)21(4)17-26(25)36-30(27)31(34)32(28)23-13-11-19(2)12-14-23/h8-14,16-18,28H,5-7,15H2,1-4H3. The van der Waals surface area contributed by atoms with Crippen LogP contribution in [0.2, 0.25) is 0 Å². The molecule has 0 spiro atoms. The molecule has 0 fully saturated rings. The van der Waals surface area contributed by atoms with Gasteiger partial charge in [-0.2, -0.15) is 0 Å². The molecule has 4 aromatic rings. The average molecular weight is 482 g/mol. The maximum absolute atomic E-state index is 13.9. The van der Waals surface area contributed by atoms with Gasteiger partial charge in [-0.3, -0.25) is 14.5 Å². The Balaban J connectivity index is 1.68. The van der Waals surface area contributed by atoms with Gasteiger partial charge in [0.05, 0.1) is 23.6 Å². The van der Waals surface area contributed by atoms with Gasteiger partial charge in [-0.1, -0.05) is 49.6 Å². The maximum atomic E-state index is 13.9. The number of anilines is 1. The number of ether oxygens (including phenoxy) is 1. The number of amides is 1. The zero-order chi connectivity index (χ0) is 25.4. The summed E-state index contributed by atoms with van der Waals surface area (Å²) in [5.41, 5.74) is 5.28. The molecule has 3 aromatic carbocycles. The van der Waals surface area contributed by atoms with E-state index in [1.165, 1.54) is 0 Å². The number of nitrogens with zero attached hydrogens (tertiary/aromatic N) is 1. The lowest BCUT2D eigenvalue weighted by Gasteiger charge is -2.25. The molecular weight excluding hydrogens is 450 g/mol. The van der Waals surface area contributed by atoms with Crippen molar-refractivity contribution >= 4 is 22.6 Å². The third-order valence-electron chi connectivity index (χ3n) is 6.99. The van der Waals surface area contributed by atoms with Gasteiger partial charge in [0.2, 0.25) is 5.76 Å². The molecule has 1 aromatic heterocycles. The van der Waals surface area contributed by atoms with E-state index in [9.17, 15) is 9.59 Å². The summed E-state index contributed by atoms with van der Waals surface area (Å²) < 4.78 is 12.2. The molecule has 0 N–H and O–H groups in total. The zero-order valence-electron chi connectivity index (χ0n) is 21.3. The molecule has 1 aliphatic heterocycles. The molecule has 1 unspecified atom stereocenters. The fraction of sp³-hybridized carbons (Fsp3) is 0.290.